The molecule has 11 heavy (non-hydrogen) atoms. The molecule has 1 unspecified atom stereocenters. The molecule has 3 nitrogen and oxygen atoms in total. The van der Waals surface area contributed by atoms with Gasteiger partial charge >= 0.3 is 0 Å². The molecule has 0 radical (unpaired) electrons. The van der Waals surface area contributed by atoms with E-state index < -0.39 is 11.5 Å². The first kappa shape index (κ1) is 9.99. The molecule has 0 fully saturated rings. The minimum absolute atomic E-state index is 0.175. The van der Waals surface area contributed by atoms with Crippen molar-refractivity contribution in [3.63, 3.8) is 0 Å². The lowest BCUT2D eigenvalue weighted by Crippen LogP contribution is -2.26. The second kappa shape index (κ2) is 3.99. The molecule has 0 aromatic rings. The smallest absolute Gasteiger partial charge is 0.217 e. The van der Waals surface area contributed by atoms with Gasteiger partial charge in [0.1, 0.15) is 0 Å². The Labute approximate surface area is 66.6 Å². The first-order valence-electron chi connectivity index (χ1n) is 3.42. The van der Waals surface area contributed by atoms with Gasteiger partial charge < -0.3 is 10.8 Å². The van der Waals surface area contributed by atoms with Crippen molar-refractivity contribution in [2.45, 2.75) is 31.8 Å². The van der Waals surface area contributed by atoms with E-state index >= 15 is 0 Å². The molecule has 0 aromatic heterocycles. The Morgan fingerprint density at radius 2 is 2.36 bits per heavy atom. The maximum Gasteiger partial charge on any atom is 0.217 e. The molecule has 0 saturated carbocycles. The average molecular weight is 155 g/mol. The molecule has 0 aromatic carbocycles. The molecule has 1 atom stereocenters. The molecule has 0 aliphatic heterocycles. The van der Waals surface area contributed by atoms with Crippen LogP contribution in [-0.4, -0.2) is 16.6 Å². The zero-order chi connectivity index (χ0) is 8.91. The predicted octanol–water partition coefficient (Wildman–Crippen LogP) is 0.0262. The summed E-state index contributed by atoms with van der Waals surface area (Å²) in [6, 6.07) is 0. The van der Waals surface area contributed by atoms with Crippen molar-refractivity contribution in [2.75, 3.05) is 0 Å². The number of nitrogens with two attached hydrogens (primary N) is 1. The van der Waals surface area contributed by atoms with Crippen LogP contribution in [0.15, 0.2) is 0 Å². The molecule has 0 saturated heterocycles. The number of hydrogen-bond donors (Lipinski definition) is 2. The Balaban J connectivity index is 3.74. The van der Waals surface area contributed by atoms with Gasteiger partial charge in [-0.15, -0.1) is 12.3 Å². The Bertz CT molecular complexity index is 179. The monoisotopic (exact) mass is 155 g/mol. The van der Waals surface area contributed by atoms with E-state index in [0.717, 1.165) is 0 Å². The van der Waals surface area contributed by atoms with Crippen molar-refractivity contribution >= 4 is 5.91 Å². The van der Waals surface area contributed by atoms with Crippen LogP contribution >= 0.6 is 0 Å². The third kappa shape index (κ3) is 5.43. The van der Waals surface area contributed by atoms with E-state index in [2.05, 4.69) is 5.92 Å². The van der Waals surface area contributed by atoms with Crippen molar-refractivity contribution in [1.29, 1.82) is 0 Å². The minimum Gasteiger partial charge on any atom is -0.389 e. The van der Waals surface area contributed by atoms with Gasteiger partial charge in [-0.1, -0.05) is 0 Å². The van der Waals surface area contributed by atoms with Crippen LogP contribution in [0, 0.1) is 12.3 Å². The summed E-state index contributed by atoms with van der Waals surface area (Å²) in [5.41, 5.74) is 3.94. The fraction of sp³-hybridized carbons (Fsp3) is 0.625. The van der Waals surface area contributed by atoms with Crippen LogP contribution in [0.2, 0.25) is 0 Å². The number of amides is 1. The molecule has 0 rings (SSSR count). The molecule has 0 aliphatic carbocycles. The van der Waals surface area contributed by atoms with Crippen LogP contribution in [0.3, 0.4) is 0 Å². The van der Waals surface area contributed by atoms with Gasteiger partial charge in [-0.25, -0.2) is 0 Å². The summed E-state index contributed by atoms with van der Waals surface area (Å²) in [6.45, 7) is 1.59. The molecule has 3 heteroatoms. The Morgan fingerprint density at radius 3 is 2.73 bits per heavy atom. The summed E-state index contributed by atoms with van der Waals surface area (Å²) < 4.78 is 0. The molecular formula is C8H13NO2. The number of aliphatic hydroxyl groups is 1. The second-order valence-corrected chi connectivity index (χ2v) is 2.84. The maximum absolute atomic E-state index is 10.3. The first-order chi connectivity index (χ1) is 4.98. The van der Waals surface area contributed by atoms with E-state index in [1.807, 2.05) is 0 Å². The van der Waals surface area contributed by atoms with Crippen LogP contribution < -0.4 is 5.73 Å². The number of carbonyl (C=O) groups is 1. The zero-order valence-corrected chi connectivity index (χ0v) is 6.63. The van der Waals surface area contributed by atoms with Gasteiger partial charge in [-0.3, -0.25) is 4.79 Å². The number of carbonyl (C=O) groups excluding carboxylic acids is 1. The normalized spacial score (nSPS) is 15.0. The highest BCUT2D eigenvalue weighted by Crippen LogP contribution is 2.14. The third-order valence-corrected chi connectivity index (χ3v) is 1.39. The summed E-state index contributed by atoms with van der Waals surface area (Å²) in [5.74, 6) is 1.92. The van der Waals surface area contributed by atoms with E-state index in [9.17, 15) is 9.90 Å². The molecule has 0 heterocycles. The molecule has 0 aliphatic rings. The molecular weight excluding hydrogens is 142 g/mol. The van der Waals surface area contributed by atoms with Crippen molar-refractivity contribution in [3.8, 4) is 12.3 Å². The quantitative estimate of drug-likeness (QED) is 0.562. The van der Waals surface area contributed by atoms with Gasteiger partial charge in [-0.05, 0) is 13.3 Å². The summed E-state index contributed by atoms with van der Waals surface area (Å²) in [7, 11) is 0. The Hall–Kier alpha value is -1.01. The van der Waals surface area contributed by atoms with Gasteiger partial charge in [0.05, 0.1) is 5.60 Å². The lowest BCUT2D eigenvalue weighted by molar-refractivity contribution is -0.119. The van der Waals surface area contributed by atoms with E-state index in [1.54, 1.807) is 6.92 Å². The highest BCUT2D eigenvalue weighted by Gasteiger charge is 2.19. The van der Waals surface area contributed by atoms with E-state index in [1.165, 1.54) is 0 Å². The number of terminal acetylenes is 1. The molecule has 3 N–H and O–H groups in total. The standard InChI is InChI=1S/C8H13NO2/c1-3-5-8(2,11)6-4-7(9)10/h1,11H,4-6H2,2H3,(H2,9,10). The van der Waals surface area contributed by atoms with Crippen molar-refractivity contribution in [2.24, 2.45) is 5.73 Å². The van der Waals surface area contributed by atoms with Crippen molar-refractivity contribution in [1.82, 2.24) is 0 Å². The van der Waals surface area contributed by atoms with E-state index in [0.29, 0.717) is 6.42 Å². The highest BCUT2D eigenvalue weighted by molar-refractivity contribution is 5.73. The number of primary amides is 1. The Morgan fingerprint density at radius 1 is 1.82 bits per heavy atom. The summed E-state index contributed by atoms with van der Waals surface area (Å²) in [4.78, 5) is 10.3. The lowest BCUT2D eigenvalue weighted by Gasteiger charge is -2.18. The van der Waals surface area contributed by atoms with Crippen LogP contribution in [0.25, 0.3) is 0 Å². The largest absolute Gasteiger partial charge is 0.389 e. The maximum atomic E-state index is 10.3. The summed E-state index contributed by atoms with van der Waals surface area (Å²) >= 11 is 0. The molecule has 1 amide bonds. The average Bonchev–Trinajstić information content (AvgIpc) is 1.84. The van der Waals surface area contributed by atoms with Gasteiger partial charge in [0, 0.05) is 12.8 Å². The second-order valence-electron chi connectivity index (χ2n) is 2.84. The summed E-state index contributed by atoms with van der Waals surface area (Å²) in [6.07, 6.45) is 5.75. The minimum atomic E-state index is -0.955. The lowest BCUT2D eigenvalue weighted by atomic mass is 9.97. The zero-order valence-electron chi connectivity index (χ0n) is 6.63. The topological polar surface area (TPSA) is 63.3 Å². The summed E-state index contributed by atoms with van der Waals surface area (Å²) in [5, 5.41) is 9.41. The molecule has 0 bridgehead atoms. The highest BCUT2D eigenvalue weighted by atomic mass is 16.3. The van der Waals surface area contributed by atoms with E-state index in [4.69, 9.17) is 12.2 Å². The third-order valence-electron chi connectivity index (χ3n) is 1.39. The fourth-order valence-corrected chi connectivity index (χ4v) is 0.701. The predicted molar refractivity (Wildman–Crippen MR) is 42.5 cm³/mol. The first-order valence-corrected chi connectivity index (χ1v) is 3.42. The SMILES string of the molecule is C#CCC(C)(O)CCC(N)=O. The van der Waals surface area contributed by atoms with E-state index in [-0.39, 0.29) is 12.8 Å². The molecule has 0 spiro atoms. The Kier molecular flexibility index (Phi) is 3.63. The van der Waals surface area contributed by atoms with Crippen LogP contribution in [0.4, 0.5) is 0 Å². The van der Waals surface area contributed by atoms with Crippen molar-refractivity contribution in [3.05, 3.63) is 0 Å². The van der Waals surface area contributed by atoms with Gasteiger partial charge in [0.2, 0.25) is 5.91 Å². The number of rotatable bonds is 4. The van der Waals surface area contributed by atoms with Crippen LogP contribution in [0.1, 0.15) is 26.2 Å². The fourth-order valence-electron chi connectivity index (χ4n) is 0.701. The van der Waals surface area contributed by atoms with Crippen molar-refractivity contribution < 1.29 is 9.90 Å². The van der Waals surface area contributed by atoms with Crippen LogP contribution in [0.5, 0.6) is 0 Å². The van der Waals surface area contributed by atoms with Crippen LogP contribution in [-0.2, 0) is 4.79 Å². The van der Waals surface area contributed by atoms with Gasteiger partial charge in [0.15, 0.2) is 0 Å². The molecule has 62 valence electrons. The van der Waals surface area contributed by atoms with Gasteiger partial charge in [-0.2, -0.15) is 0 Å². The van der Waals surface area contributed by atoms with Gasteiger partial charge in [0.25, 0.3) is 0 Å². The number of hydrogen-bond acceptors (Lipinski definition) is 2.